The van der Waals surface area contributed by atoms with Gasteiger partial charge < -0.3 is 10.1 Å². The predicted octanol–water partition coefficient (Wildman–Crippen LogP) is 3.55. The Hall–Kier alpha value is -2.31. The summed E-state index contributed by atoms with van der Waals surface area (Å²) >= 11 is 0. The topological polar surface area (TPSA) is 45.0 Å². The van der Waals surface area contributed by atoms with Crippen molar-refractivity contribution < 1.29 is 4.74 Å². The van der Waals surface area contributed by atoms with E-state index in [-0.39, 0.29) is 6.04 Å². The number of hydrogen-bond donors (Lipinski definition) is 1. The molecule has 0 bridgehead atoms. The van der Waals surface area contributed by atoms with Crippen molar-refractivity contribution in [3.63, 3.8) is 0 Å². The maximum absolute atomic E-state index is 8.67. The van der Waals surface area contributed by atoms with E-state index in [0.717, 1.165) is 11.3 Å². The molecule has 0 fully saturated rings. The molecule has 20 heavy (non-hydrogen) atoms. The van der Waals surface area contributed by atoms with E-state index < -0.39 is 0 Å². The Bertz CT molecular complexity index is 558. The van der Waals surface area contributed by atoms with Crippen LogP contribution in [0.2, 0.25) is 0 Å². The summed E-state index contributed by atoms with van der Waals surface area (Å²) in [5, 5.41) is 12.1. The first-order valence-corrected chi connectivity index (χ1v) is 6.60. The summed E-state index contributed by atoms with van der Waals surface area (Å²) < 4.78 is 5.29. The highest BCUT2D eigenvalue weighted by molar-refractivity contribution is 5.47. The molecule has 0 spiro atoms. The SMILES string of the molecule is COCC(Nc1ccc(CC#N)cc1)c1ccccc1. The second-order valence-corrected chi connectivity index (χ2v) is 4.59. The second-order valence-electron chi connectivity index (χ2n) is 4.59. The number of hydrogen-bond acceptors (Lipinski definition) is 3. The maximum Gasteiger partial charge on any atom is 0.0747 e. The van der Waals surface area contributed by atoms with Crippen molar-refractivity contribution in [3.8, 4) is 6.07 Å². The standard InChI is InChI=1S/C17H18N2O/c1-20-13-17(15-5-3-2-4-6-15)19-16-9-7-14(8-10-16)11-12-18/h2-10,17,19H,11,13H2,1H3. The second kappa shape index (κ2) is 7.32. The summed E-state index contributed by atoms with van der Waals surface area (Å²) in [6.45, 7) is 0.601. The summed E-state index contributed by atoms with van der Waals surface area (Å²) in [6, 6.07) is 20.4. The fraction of sp³-hybridized carbons (Fsp3) is 0.235. The van der Waals surface area contributed by atoms with Crippen LogP contribution in [0.3, 0.4) is 0 Å². The van der Waals surface area contributed by atoms with Gasteiger partial charge in [-0.2, -0.15) is 5.26 Å². The average Bonchev–Trinajstić information content (AvgIpc) is 2.50. The third-order valence-electron chi connectivity index (χ3n) is 3.11. The van der Waals surface area contributed by atoms with Gasteiger partial charge in [-0.25, -0.2) is 0 Å². The minimum Gasteiger partial charge on any atom is -0.382 e. The average molecular weight is 266 g/mol. The van der Waals surface area contributed by atoms with Gasteiger partial charge in [-0.05, 0) is 23.3 Å². The Morgan fingerprint density at radius 2 is 1.80 bits per heavy atom. The Kier molecular flexibility index (Phi) is 5.16. The van der Waals surface area contributed by atoms with E-state index in [0.29, 0.717) is 13.0 Å². The molecule has 102 valence electrons. The fourth-order valence-electron chi connectivity index (χ4n) is 2.08. The molecule has 0 amide bonds. The third-order valence-corrected chi connectivity index (χ3v) is 3.11. The van der Waals surface area contributed by atoms with Crippen molar-refractivity contribution in [2.75, 3.05) is 19.0 Å². The van der Waals surface area contributed by atoms with Crippen LogP contribution in [-0.2, 0) is 11.2 Å². The van der Waals surface area contributed by atoms with E-state index in [1.165, 1.54) is 5.56 Å². The van der Waals surface area contributed by atoms with E-state index in [1.54, 1.807) is 7.11 Å². The molecule has 0 saturated heterocycles. The number of nitrogens with one attached hydrogen (secondary N) is 1. The van der Waals surface area contributed by atoms with Gasteiger partial charge in [-0.1, -0.05) is 42.5 Å². The van der Waals surface area contributed by atoms with Gasteiger partial charge in [0, 0.05) is 12.8 Å². The molecule has 2 aromatic rings. The van der Waals surface area contributed by atoms with Crippen molar-refractivity contribution in [1.82, 2.24) is 0 Å². The summed E-state index contributed by atoms with van der Waals surface area (Å²) in [4.78, 5) is 0. The van der Waals surface area contributed by atoms with Crippen LogP contribution in [0.1, 0.15) is 17.2 Å². The van der Waals surface area contributed by atoms with Crippen molar-refractivity contribution >= 4 is 5.69 Å². The largest absolute Gasteiger partial charge is 0.382 e. The monoisotopic (exact) mass is 266 g/mol. The van der Waals surface area contributed by atoms with Crippen LogP contribution >= 0.6 is 0 Å². The van der Waals surface area contributed by atoms with Crippen molar-refractivity contribution in [3.05, 3.63) is 65.7 Å². The Morgan fingerprint density at radius 1 is 1.10 bits per heavy atom. The first-order chi connectivity index (χ1) is 9.83. The Balaban J connectivity index is 2.10. The number of ether oxygens (including phenoxy) is 1. The molecule has 1 atom stereocenters. The van der Waals surface area contributed by atoms with E-state index in [2.05, 4.69) is 23.5 Å². The molecule has 0 radical (unpaired) electrons. The lowest BCUT2D eigenvalue weighted by molar-refractivity contribution is 0.186. The van der Waals surface area contributed by atoms with Gasteiger partial charge in [0.25, 0.3) is 0 Å². The molecule has 1 N–H and O–H groups in total. The summed E-state index contributed by atoms with van der Waals surface area (Å²) in [6.07, 6.45) is 0.445. The molecule has 0 saturated carbocycles. The minimum atomic E-state index is 0.114. The summed E-state index contributed by atoms with van der Waals surface area (Å²) in [5.74, 6) is 0. The quantitative estimate of drug-likeness (QED) is 0.869. The number of anilines is 1. The van der Waals surface area contributed by atoms with Gasteiger partial charge in [0.2, 0.25) is 0 Å². The third kappa shape index (κ3) is 3.84. The first-order valence-electron chi connectivity index (χ1n) is 6.60. The van der Waals surface area contributed by atoms with Crippen LogP contribution in [0, 0.1) is 11.3 Å². The minimum absolute atomic E-state index is 0.114. The van der Waals surface area contributed by atoms with Crippen LogP contribution in [0.5, 0.6) is 0 Å². The van der Waals surface area contributed by atoms with Gasteiger partial charge in [0.1, 0.15) is 0 Å². The van der Waals surface area contributed by atoms with Crippen LogP contribution in [0.4, 0.5) is 5.69 Å². The molecule has 2 rings (SSSR count). The first kappa shape index (κ1) is 14.1. The number of nitrogens with zero attached hydrogens (tertiary/aromatic N) is 1. The smallest absolute Gasteiger partial charge is 0.0747 e. The number of nitriles is 1. The van der Waals surface area contributed by atoms with Gasteiger partial charge in [-0.3, -0.25) is 0 Å². The van der Waals surface area contributed by atoms with Gasteiger partial charge in [0.15, 0.2) is 0 Å². The van der Waals surface area contributed by atoms with Gasteiger partial charge >= 0.3 is 0 Å². The molecule has 0 aromatic heterocycles. The van der Waals surface area contributed by atoms with E-state index in [9.17, 15) is 0 Å². The molecule has 3 heteroatoms. The predicted molar refractivity (Wildman–Crippen MR) is 80.4 cm³/mol. The van der Waals surface area contributed by atoms with Crippen LogP contribution in [0.25, 0.3) is 0 Å². The van der Waals surface area contributed by atoms with Gasteiger partial charge in [-0.15, -0.1) is 0 Å². The highest BCUT2D eigenvalue weighted by atomic mass is 16.5. The summed E-state index contributed by atoms with van der Waals surface area (Å²) in [5.41, 5.74) is 3.24. The molecule has 0 heterocycles. The van der Waals surface area contributed by atoms with Crippen molar-refractivity contribution in [2.24, 2.45) is 0 Å². The molecule has 0 aliphatic rings. The van der Waals surface area contributed by atoms with E-state index >= 15 is 0 Å². The Morgan fingerprint density at radius 3 is 2.40 bits per heavy atom. The Labute approximate surface area is 119 Å². The number of benzene rings is 2. The van der Waals surface area contributed by atoms with Gasteiger partial charge in [0.05, 0.1) is 25.1 Å². The molecular formula is C17H18N2O. The number of methoxy groups -OCH3 is 1. The lowest BCUT2D eigenvalue weighted by atomic mass is 10.1. The molecule has 1 unspecified atom stereocenters. The zero-order valence-corrected chi connectivity index (χ0v) is 11.5. The molecule has 0 aliphatic heterocycles. The van der Waals surface area contributed by atoms with Crippen LogP contribution in [-0.4, -0.2) is 13.7 Å². The zero-order chi connectivity index (χ0) is 14.2. The van der Waals surface area contributed by atoms with Crippen molar-refractivity contribution in [1.29, 1.82) is 5.26 Å². The van der Waals surface area contributed by atoms with E-state index in [4.69, 9.17) is 10.00 Å². The maximum atomic E-state index is 8.67. The normalized spacial score (nSPS) is 11.6. The highest BCUT2D eigenvalue weighted by Gasteiger charge is 2.10. The van der Waals surface area contributed by atoms with Crippen LogP contribution in [0.15, 0.2) is 54.6 Å². The van der Waals surface area contributed by atoms with E-state index in [1.807, 2.05) is 42.5 Å². The van der Waals surface area contributed by atoms with Crippen molar-refractivity contribution in [2.45, 2.75) is 12.5 Å². The number of rotatable bonds is 6. The lowest BCUT2D eigenvalue weighted by Gasteiger charge is -2.19. The molecule has 2 aromatic carbocycles. The highest BCUT2D eigenvalue weighted by Crippen LogP contribution is 2.20. The lowest BCUT2D eigenvalue weighted by Crippen LogP contribution is -2.16. The zero-order valence-electron chi connectivity index (χ0n) is 11.5. The van der Waals surface area contributed by atoms with Crippen LogP contribution < -0.4 is 5.32 Å². The molecule has 0 aliphatic carbocycles. The summed E-state index contributed by atoms with van der Waals surface area (Å²) in [7, 11) is 1.70. The molecular weight excluding hydrogens is 248 g/mol. The molecule has 3 nitrogen and oxygen atoms in total. The fourth-order valence-corrected chi connectivity index (χ4v) is 2.08.